The third-order valence-corrected chi connectivity index (χ3v) is 3.71. The zero-order valence-electron chi connectivity index (χ0n) is 14.2. The molecule has 25 heavy (non-hydrogen) atoms. The number of ether oxygens (including phenoxy) is 1. The van der Waals surface area contributed by atoms with Crippen LogP contribution in [0.1, 0.15) is 23.2 Å². The first-order valence-electron chi connectivity index (χ1n) is 7.69. The van der Waals surface area contributed by atoms with Gasteiger partial charge in [-0.25, -0.2) is 9.78 Å². The fourth-order valence-corrected chi connectivity index (χ4v) is 2.46. The lowest BCUT2D eigenvalue weighted by Crippen LogP contribution is -2.34. The van der Waals surface area contributed by atoms with Crippen LogP contribution in [0.25, 0.3) is 0 Å². The van der Waals surface area contributed by atoms with Crippen molar-refractivity contribution in [2.24, 2.45) is 7.05 Å². The van der Waals surface area contributed by atoms with Gasteiger partial charge >= 0.3 is 6.03 Å². The Morgan fingerprint density at radius 1 is 1.32 bits per heavy atom. The minimum atomic E-state index is -0.432. The number of aryl methyl sites for hydroxylation is 2. The van der Waals surface area contributed by atoms with Gasteiger partial charge in [-0.1, -0.05) is 17.3 Å². The fraction of sp³-hybridized carbons (Fsp3) is 0.235. The molecule has 8 nitrogen and oxygen atoms in total. The molecule has 1 unspecified atom stereocenters. The van der Waals surface area contributed by atoms with Crippen molar-refractivity contribution >= 4 is 11.8 Å². The number of rotatable bonds is 5. The van der Waals surface area contributed by atoms with E-state index in [4.69, 9.17) is 9.26 Å². The quantitative estimate of drug-likeness (QED) is 0.744. The van der Waals surface area contributed by atoms with Crippen molar-refractivity contribution in [1.82, 2.24) is 20.0 Å². The summed E-state index contributed by atoms with van der Waals surface area (Å²) < 4.78 is 12.0. The van der Waals surface area contributed by atoms with E-state index in [1.54, 1.807) is 26.3 Å². The highest BCUT2D eigenvalue weighted by Crippen LogP contribution is 2.23. The Morgan fingerprint density at radius 3 is 2.64 bits per heavy atom. The number of carbonyl (C=O) groups is 1. The third-order valence-electron chi connectivity index (χ3n) is 3.71. The van der Waals surface area contributed by atoms with Crippen molar-refractivity contribution in [2.45, 2.75) is 13.0 Å². The minimum Gasteiger partial charge on any atom is -0.497 e. The van der Waals surface area contributed by atoms with E-state index in [-0.39, 0.29) is 0 Å². The van der Waals surface area contributed by atoms with Crippen LogP contribution >= 0.6 is 0 Å². The standard InChI is InChI=1S/C17H19N5O3/c1-11-10-14(21-25-11)19-17(23)20-15(16-18-8-9-22(16)2)12-4-6-13(24-3)7-5-12/h4-10,15H,1-3H3,(H2,19,20,21,23). The summed E-state index contributed by atoms with van der Waals surface area (Å²) in [6.07, 6.45) is 3.51. The van der Waals surface area contributed by atoms with Crippen LogP contribution in [0.3, 0.4) is 0 Å². The molecule has 3 rings (SSSR count). The van der Waals surface area contributed by atoms with Gasteiger partial charge in [0, 0.05) is 25.5 Å². The van der Waals surface area contributed by atoms with Crippen LogP contribution in [0.5, 0.6) is 5.75 Å². The van der Waals surface area contributed by atoms with E-state index in [9.17, 15) is 4.79 Å². The summed E-state index contributed by atoms with van der Waals surface area (Å²) in [6, 6.07) is 8.26. The van der Waals surface area contributed by atoms with Gasteiger partial charge in [0.25, 0.3) is 0 Å². The van der Waals surface area contributed by atoms with Crippen molar-refractivity contribution in [3.63, 3.8) is 0 Å². The Balaban J connectivity index is 1.83. The van der Waals surface area contributed by atoms with Crippen LogP contribution < -0.4 is 15.4 Å². The molecule has 2 aromatic heterocycles. The molecular formula is C17H19N5O3. The van der Waals surface area contributed by atoms with Crippen LogP contribution in [0, 0.1) is 6.92 Å². The molecule has 0 fully saturated rings. The number of urea groups is 1. The molecule has 2 heterocycles. The van der Waals surface area contributed by atoms with Crippen molar-refractivity contribution in [3.8, 4) is 5.75 Å². The maximum absolute atomic E-state index is 12.4. The summed E-state index contributed by atoms with van der Waals surface area (Å²) in [4.78, 5) is 16.7. The van der Waals surface area contributed by atoms with E-state index in [0.29, 0.717) is 17.4 Å². The Kier molecular flexibility index (Phi) is 4.69. The second-order valence-corrected chi connectivity index (χ2v) is 5.52. The molecule has 0 aliphatic heterocycles. The summed E-state index contributed by atoms with van der Waals surface area (Å²) in [6.45, 7) is 1.75. The van der Waals surface area contributed by atoms with E-state index < -0.39 is 12.1 Å². The van der Waals surface area contributed by atoms with Crippen molar-refractivity contribution in [2.75, 3.05) is 12.4 Å². The molecule has 0 bridgehead atoms. The van der Waals surface area contributed by atoms with Gasteiger partial charge in [0.1, 0.15) is 23.4 Å². The molecule has 0 spiro atoms. The number of amides is 2. The predicted octanol–water partition coefficient (Wildman–Crippen LogP) is 2.64. The Morgan fingerprint density at radius 2 is 2.08 bits per heavy atom. The van der Waals surface area contributed by atoms with Gasteiger partial charge in [-0.15, -0.1) is 0 Å². The van der Waals surface area contributed by atoms with Crippen LogP contribution in [0.15, 0.2) is 47.2 Å². The average molecular weight is 341 g/mol. The maximum Gasteiger partial charge on any atom is 0.321 e. The lowest BCUT2D eigenvalue weighted by Gasteiger charge is -2.19. The molecule has 2 N–H and O–H groups in total. The van der Waals surface area contributed by atoms with Gasteiger partial charge in [0.2, 0.25) is 0 Å². The molecule has 3 aromatic rings. The smallest absolute Gasteiger partial charge is 0.321 e. The second-order valence-electron chi connectivity index (χ2n) is 5.52. The third kappa shape index (κ3) is 3.79. The van der Waals surface area contributed by atoms with E-state index in [1.165, 1.54) is 0 Å². The van der Waals surface area contributed by atoms with Gasteiger partial charge in [0.05, 0.1) is 7.11 Å². The number of hydrogen-bond acceptors (Lipinski definition) is 5. The van der Waals surface area contributed by atoms with E-state index in [1.807, 2.05) is 42.1 Å². The first-order chi connectivity index (χ1) is 12.1. The Hall–Kier alpha value is -3.29. The molecule has 0 radical (unpaired) electrons. The highest BCUT2D eigenvalue weighted by molar-refractivity contribution is 5.88. The Bertz CT molecular complexity index is 853. The Labute approximate surface area is 144 Å². The molecule has 0 aliphatic rings. The normalized spacial score (nSPS) is 11.8. The molecular weight excluding hydrogens is 322 g/mol. The first kappa shape index (κ1) is 16.6. The summed E-state index contributed by atoms with van der Waals surface area (Å²) in [5.41, 5.74) is 0.876. The van der Waals surface area contributed by atoms with Gasteiger partial charge in [-0.2, -0.15) is 0 Å². The van der Waals surface area contributed by atoms with Crippen LogP contribution in [0.2, 0.25) is 0 Å². The van der Waals surface area contributed by atoms with Crippen molar-refractivity contribution in [1.29, 1.82) is 0 Å². The number of anilines is 1. The largest absolute Gasteiger partial charge is 0.497 e. The van der Waals surface area contributed by atoms with E-state index in [2.05, 4.69) is 20.8 Å². The topological polar surface area (TPSA) is 94.2 Å². The highest BCUT2D eigenvalue weighted by Gasteiger charge is 2.21. The van der Waals surface area contributed by atoms with Crippen LogP contribution in [-0.4, -0.2) is 27.8 Å². The number of methoxy groups -OCH3 is 1. The summed E-state index contributed by atoms with van der Waals surface area (Å²) in [7, 11) is 3.48. The molecule has 2 amide bonds. The summed E-state index contributed by atoms with van der Waals surface area (Å²) >= 11 is 0. The fourth-order valence-electron chi connectivity index (χ4n) is 2.46. The first-order valence-corrected chi connectivity index (χ1v) is 7.69. The van der Waals surface area contributed by atoms with Gasteiger partial charge in [-0.3, -0.25) is 5.32 Å². The highest BCUT2D eigenvalue weighted by atomic mass is 16.5. The molecule has 8 heteroatoms. The number of nitrogens with one attached hydrogen (secondary N) is 2. The zero-order valence-corrected chi connectivity index (χ0v) is 14.2. The van der Waals surface area contributed by atoms with Crippen LogP contribution in [0.4, 0.5) is 10.6 Å². The number of carbonyl (C=O) groups excluding carboxylic acids is 1. The lowest BCUT2D eigenvalue weighted by atomic mass is 10.1. The number of imidazole rings is 1. The summed E-state index contributed by atoms with van der Waals surface area (Å²) in [5.74, 6) is 2.41. The number of hydrogen-bond donors (Lipinski definition) is 2. The number of nitrogens with zero attached hydrogens (tertiary/aromatic N) is 3. The van der Waals surface area contributed by atoms with Crippen LogP contribution in [-0.2, 0) is 7.05 Å². The zero-order chi connectivity index (χ0) is 17.8. The minimum absolute atomic E-state index is 0.350. The molecule has 1 atom stereocenters. The molecule has 0 aliphatic carbocycles. The predicted molar refractivity (Wildman–Crippen MR) is 91.4 cm³/mol. The van der Waals surface area contributed by atoms with E-state index in [0.717, 1.165) is 11.3 Å². The van der Waals surface area contributed by atoms with Gasteiger partial charge < -0.3 is 19.1 Å². The summed E-state index contributed by atoms with van der Waals surface area (Å²) in [5, 5.41) is 9.32. The molecule has 1 aromatic carbocycles. The van der Waals surface area contributed by atoms with E-state index >= 15 is 0 Å². The second kappa shape index (κ2) is 7.08. The maximum atomic E-state index is 12.4. The monoisotopic (exact) mass is 341 g/mol. The molecule has 0 saturated carbocycles. The lowest BCUT2D eigenvalue weighted by molar-refractivity contribution is 0.249. The molecule has 0 saturated heterocycles. The molecule has 130 valence electrons. The number of aromatic nitrogens is 3. The SMILES string of the molecule is COc1ccc(C(NC(=O)Nc2cc(C)on2)c2nccn2C)cc1. The van der Waals surface area contributed by atoms with Gasteiger partial charge in [-0.05, 0) is 24.6 Å². The van der Waals surface area contributed by atoms with Gasteiger partial charge in [0.15, 0.2) is 5.82 Å². The van der Waals surface area contributed by atoms with Crippen molar-refractivity contribution < 1.29 is 14.1 Å². The van der Waals surface area contributed by atoms with Crippen molar-refractivity contribution in [3.05, 3.63) is 59.9 Å². The average Bonchev–Trinajstić information content (AvgIpc) is 3.21. The number of benzene rings is 1.